The fourth-order valence-corrected chi connectivity index (χ4v) is 3.32. The Hall–Kier alpha value is -2.41. The van der Waals surface area contributed by atoms with Crippen LogP contribution < -0.4 is 4.74 Å². The van der Waals surface area contributed by atoms with E-state index in [9.17, 15) is 4.79 Å². The number of carbonyl (C=O) groups is 1. The van der Waals surface area contributed by atoms with Crippen LogP contribution in [0.25, 0.3) is 0 Å². The quantitative estimate of drug-likeness (QED) is 0.843. The summed E-state index contributed by atoms with van der Waals surface area (Å²) in [4.78, 5) is 21.3. The van der Waals surface area contributed by atoms with Gasteiger partial charge in [0.1, 0.15) is 23.9 Å². The fourth-order valence-electron chi connectivity index (χ4n) is 3.32. The van der Waals surface area contributed by atoms with Gasteiger partial charge in [-0.2, -0.15) is 5.10 Å². The SMILES string of the molecule is COc1ccccc1[C@@H]1CN(C(=O)C(C)(C)n2cncn2)CCN1C. The van der Waals surface area contributed by atoms with Gasteiger partial charge in [0.15, 0.2) is 0 Å². The van der Waals surface area contributed by atoms with Gasteiger partial charge in [0.2, 0.25) is 5.91 Å². The van der Waals surface area contributed by atoms with E-state index in [4.69, 9.17) is 4.74 Å². The molecule has 7 heteroatoms. The Bertz CT molecular complexity index is 729. The highest BCUT2D eigenvalue weighted by molar-refractivity contribution is 5.83. The molecule has 1 saturated heterocycles. The van der Waals surface area contributed by atoms with E-state index in [-0.39, 0.29) is 11.9 Å². The first-order valence-electron chi connectivity index (χ1n) is 8.42. The number of aromatic nitrogens is 3. The molecule has 0 saturated carbocycles. The molecule has 1 aliphatic heterocycles. The maximum atomic E-state index is 13.1. The third kappa shape index (κ3) is 3.24. The first-order chi connectivity index (χ1) is 11.9. The topological polar surface area (TPSA) is 63.5 Å². The lowest BCUT2D eigenvalue weighted by atomic mass is 9.98. The number of carbonyl (C=O) groups excluding carboxylic acids is 1. The summed E-state index contributed by atoms with van der Waals surface area (Å²) in [5, 5.41) is 4.15. The molecule has 0 aliphatic carbocycles. The lowest BCUT2D eigenvalue weighted by molar-refractivity contribution is -0.142. The summed E-state index contributed by atoms with van der Waals surface area (Å²) < 4.78 is 7.13. The lowest BCUT2D eigenvalue weighted by Gasteiger charge is -2.42. The van der Waals surface area contributed by atoms with Gasteiger partial charge in [-0.15, -0.1) is 0 Å². The first kappa shape index (κ1) is 17.4. The van der Waals surface area contributed by atoms with Crippen LogP contribution in [0.15, 0.2) is 36.9 Å². The second-order valence-corrected chi connectivity index (χ2v) is 6.89. The normalized spacial score (nSPS) is 19.0. The minimum Gasteiger partial charge on any atom is -0.496 e. The van der Waals surface area contributed by atoms with Gasteiger partial charge in [-0.05, 0) is 27.0 Å². The molecule has 1 aromatic carbocycles. The van der Waals surface area contributed by atoms with Gasteiger partial charge in [0.05, 0.1) is 13.2 Å². The summed E-state index contributed by atoms with van der Waals surface area (Å²) in [6.07, 6.45) is 3.04. The van der Waals surface area contributed by atoms with Crippen LogP contribution in [0.1, 0.15) is 25.5 Å². The summed E-state index contributed by atoms with van der Waals surface area (Å²) in [6.45, 7) is 5.87. The molecule has 0 radical (unpaired) electrons. The summed E-state index contributed by atoms with van der Waals surface area (Å²) in [6, 6.07) is 8.09. The number of ether oxygens (including phenoxy) is 1. The minimum atomic E-state index is -0.766. The van der Waals surface area contributed by atoms with Crippen LogP contribution in [0.4, 0.5) is 0 Å². The van der Waals surface area contributed by atoms with Gasteiger partial charge in [-0.25, -0.2) is 9.67 Å². The Morgan fingerprint density at radius 3 is 2.72 bits per heavy atom. The molecule has 1 fully saturated rings. The van der Waals surface area contributed by atoms with Crippen molar-refractivity contribution in [2.75, 3.05) is 33.8 Å². The number of amides is 1. The molecule has 3 rings (SSSR count). The van der Waals surface area contributed by atoms with Crippen molar-refractivity contribution in [2.45, 2.75) is 25.4 Å². The Labute approximate surface area is 148 Å². The Kier molecular flexibility index (Phi) is 4.76. The van der Waals surface area contributed by atoms with Gasteiger partial charge < -0.3 is 9.64 Å². The van der Waals surface area contributed by atoms with Gasteiger partial charge in [0.25, 0.3) is 0 Å². The van der Waals surface area contributed by atoms with E-state index in [1.54, 1.807) is 18.1 Å². The molecule has 1 aromatic heterocycles. The van der Waals surface area contributed by atoms with Crippen LogP contribution in [-0.2, 0) is 10.3 Å². The van der Waals surface area contributed by atoms with Crippen LogP contribution in [0.3, 0.4) is 0 Å². The Morgan fingerprint density at radius 1 is 1.28 bits per heavy atom. The van der Waals surface area contributed by atoms with E-state index in [0.717, 1.165) is 17.9 Å². The standard InChI is InChI=1S/C18H25N5O2/c1-18(2,23-13-19-12-20-23)17(24)22-10-9-21(3)15(11-22)14-7-5-6-8-16(14)25-4/h5-8,12-13,15H,9-11H2,1-4H3/t15-/m0/s1. The molecule has 0 unspecified atom stereocenters. The highest BCUT2D eigenvalue weighted by Crippen LogP contribution is 2.32. The summed E-state index contributed by atoms with van der Waals surface area (Å²) in [5.41, 5.74) is 0.334. The number of para-hydroxylation sites is 1. The van der Waals surface area contributed by atoms with Gasteiger partial charge in [-0.1, -0.05) is 18.2 Å². The van der Waals surface area contributed by atoms with E-state index in [1.807, 2.05) is 36.9 Å². The van der Waals surface area contributed by atoms with Gasteiger partial charge in [0, 0.05) is 25.2 Å². The molecule has 0 spiro atoms. The van der Waals surface area contributed by atoms with Crippen molar-refractivity contribution >= 4 is 5.91 Å². The number of likely N-dealkylation sites (N-methyl/N-ethyl adjacent to an activating group) is 1. The number of nitrogens with zero attached hydrogens (tertiary/aromatic N) is 5. The van der Waals surface area contributed by atoms with Gasteiger partial charge in [-0.3, -0.25) is 9.69 Å². The average molecular weight is 343 g/mol. The zero-order valence-electron chi connectivity index (χ0n) is 15.2. The number of piperazine rings is 1. The molecule has 1 aliphatic rings. The van der Waals surface area contributed by atoms with Crippen LogP contribution in [0, 0.1) is 0 Å². The molecule has 0 N–H and O–H groups in total. The second-order valence-electron chi connectivity index (χ2n) is 6.89. The van der Waals surface area contributed by atoms with Crippen LogP contribution in [-0.4, -0.2) is 64.3 Å². The Morgan fingerprint density at radius 2 is 2.04 bits per heavy atom. The Balaban J connectivity index is 1.84. The van der Waals surface area contributed by atoms with Crippen molar-refractivity contribution in [1.29, 1.82) is 0 Å². The van der Waals surface area contributed by atoms with E-state index >= 15 is 0 Å². The lowest BCUT2D eigenvalue weighted by Crippen LogP contribution is -2.55. The van der Waals surface area contributed by atoms with E-state index < -0.39 is 5.54 Å². The molecule has 1 atom stereocenters. The molecule has 1 amide bonds. The molecular weight excluding hydrogens is 318 g/mol. The summed E-state index contributed by atoms with van der Waals surface area (Å²) in [5.74, 6) is 0.898. The van der Waals surface area contributed by atoms with Crippen LogP contribution >= 0.6 is 0 Å². The van der Waals surface area contributed by atoms with Crippen LogP contribution in [0.5, 0.6) is 5.75 Å². The molecular formula is C18H25N5O2. The van der Waals surface area contributed by atoms with Crippen molar-refractivity contribution in [1.82, 2.24) is 24.6 Å². The van der Waals surface area contributed by atoms with E-state index in [1.165, 1.54) is 6.33 Å². The van der Waals surface area contributed by atoms with Crippen LogP contribution in [0.2, 0.25) is 0 Å². The number of rotatable bonds is 4. The second kappa shape index (κ2) is 6.84. The molecule has 7 nitrogen and oxygen atoms in total. The number of hydrogen-bond donors (Lipinski definition) is 0. The number of hydrogen-bond acceptors (Lipinski definition) is 5. The number of benzene rings is 1. The van der Waals surface area contributed by atoms with Crippen molar-refractivity contribution in [3.63, 3.8) is 0 Å². The zero-order chi connectivity index (χ0) is 18.0. The highest BCUT2D eigenvalue weighted by Gasteiger charge is 2.38. The van der Waals surface area contributed by atoms with E-state index in [0.29, 0.717) is 13.1 Å². The molecule has 0 bridgehead atoms. The minimum absolute atomic E-state index is 0.0472. The number of methoxy groups -OCH3 is 1. The first-order valence-corrected chi connectivity index (χ1v) is 8.42. The van der Waals surface area contributed by atoms with Crippen molar-refractivity contribution in [3.05, 3.63) is 42.5 Å². The van der Waals surface area contributed by atoms with Crippen molar-refractivity contribution < 1.29 is 9.53 Å². The predicted molar refractivity (Wildman–Crippen MR) is 94.3 cm³/mol. The molecule has 134 valence electrons. The molecule has 2 aromatic rings. The highest BCUT2D eigenvalue weighted by atomic mass is 16.5. The monoisotopic (exact) mass is 343 g/mol. The van der Waals surface area contributed by atoms with Crippen molar-refractivity contribution in [3.8, 4) is 5.75 Å². The average Bonchev–Trinajstić information content (AvgIpc) is 3.17. The zero-order valence-corrected chi connectivity index (χ0v) is 15.2. The fraction of sp³-hybridized carbons (Fsp3) is 0.500. The smallest absolute Gasteiger partial charge is 0.250 e. The van der Waals surface area contributed by atoms with Gasteiger partial charge >= 0.3 is 0 Å². The third-order valence-corrected chi connectivity index (χ3v) is 4.95. The summed E-state index contributed by atoms with van der Waals surface area (Å²) >= 11 is 0. The van der Waals surface area contributed by atoms with Crippen molar-refractivity contribution in [2.24, 2.45) is 0 Å². The maximum absolute atomic E-state index is 13.1. The van der Waals surface area contributed by atoms with E-state index in [2.05, 4.69) is 28.1 Å². The molecule has 2 heterocycles. The predicted octanol–water partition coefficient (Wildman–Crippen LogP) is 1.54. The third-order valence-electron chi connectivity index (χ3n) is 4.95. The summed E-state index contributed by atoms with van der Waals surface area (Å²) in [7, 11) is 3.76. The largest absolute Gasteiger partial charge is 0.496 e. The maximum Gasteiger partial charge on any atom is 0.250 e. The molecule has 25 heavy (non-hydrogen) atoms.